The molecule has 0 radical (unpaired) electrons. The molecule has 1 atom stereocenters. The Morgan fingerprint density at radius 1 is 1.30 bits per heavy atom. The van der Waals surface area contributed by atoms with E-state index in [0.717, 1.165) is 6.42 Å². The van der Waals surface area contributed by atoms with Crippen molar-refractivity contribution in [1.82, 2.24) is 4.31 Å². The molecule has 2 aromatic rings. The summed E-state index contributed by atoms with van der Waals surface area (Å²) in [6.45, 7) is 3.57. The van der Waals surface area contributed by atoms with Gasteiger partial charge in [-0.15, -0.1) is 0 Å². The first kappa shape index (κ1) is 20.1. The van der Waals surface area contributed by atoms with Crippen LogP contribution in [0.4, 0.5) is 4.39 Å². The monoisotopic (exact) mass is 426 g/mol. The van der Waals surface area contributed by atoms with Gasteiger partial charge >= 0.3 is 0 Å². The molecule has 1 aliphatic rings. The van der Waals surface area contributed by atoms with Gasteiger partial charge in [0.25, 0.3) is 0 Å². The number of hydrogen-bond donors (Lipinski definition) is 0. The van der Waals surface area contributed by atoms with Crippen molar-refractivity contribution < 1.29 is 13.3 Å². The lowest BCUT2D eigenvalue weighted by Crippen LogP contribution is -2.59. The number of nitrogens with zero attached hydrogens (tertiary/aromatic N) is 2. The molecule has 0 saturated carbocycles. The number of halogens is 3. The Kier molecular flexibility index (Phi) is 6.07. The van der Waals surface area contributed by atoms with E-state index in [4.69, 9.17) is 33.2 Å². The SMILES string of the molecule is CCC1(COc2ccc(C#N)c(F)c2)CN(S(=O)c2ccc(Cl)cc2Cl)C1. The van der Waals surface area contributed by atoms with Gasteiger partial charge in [-0.25, -0.2) is 12.9 Å². The molecule has 1 aliphatic heterocycles. The van der Waals surface area contributed by atoms with Gasteiger partial charge in [-0.3, -0.25) is 0 Å². The molecule has 8 heteroatoms. The molecule has 1 fully saturated rings. The quantitative estimate of drug-likeness (QED) is 0.665. The summed E-state index contributed by atoms with van der Waals surface area (Å²) in [5.41, 5.74) is -0.184. The first-order valence-electron chi connectivity index (χ1n) is 8.32. The van der Waals surface area contributed by atoms with Crippen LogP contribution >= 0.6 is 23.2 Å². The van der Waals surface area contributed by atoms with Crippen molar-refractivity contribution in [2.45, 2.75) is 18.2 Å². The summed E-state index contributed by atoms with van der Waals surface area (Å²) < 4.78 is 34.0. The van der Waals surface area contributed by atoms with E-state index < -0.39 is 16.8 Å². The maximum absolute atomic E-state index is 13.7. The fourth-order valence-corrected chi connectivity index (χ4v) is 4.98. The summed E-state index contributed by atoms with van der Waals surface area (Å²) in [6, 6.07) is 10.9. The zero-order chi connectivity index (χ0) is 19.6. The molecule has 142 valence electrons. The maximum atomic E-state index is 13.7. The largest absolute Gasteiger partial charge is 0.493 e. The number of rotatable bonds is 6. The van der Waals surface area contributed by atoms with Gasteiger partial charge in [-0.2, -0.15) is 5.26 Å². The van der Waals surface area contributed by atoms with E-state index in [1.54, 1.807) is 30.3 Å². The lowest BCUT2D eigenvalue weighted by molar-refractivity contribution is 0.0186. The van der Waals surface area contributed by atoms with Crippen molar-refractivity contribution in [1.29, 1.82) is 5.26 Å². The van der Waals surface area contributed by atoms with Gasteiger partial charge in [0.15, 0.2) is 0 Å². The molecule has 0 N–H and O–H groups in total. The van der Waals surface area contributed by atoms with E-state index in [0.29, 0.717) is 40.4 Å². The van der Waals surface area contributed by atoms with Crippen molar-refractivity contribution in [3.05, 3.63) is 57.8 Å². The number of ether oxygens (including phenoxy) is 1. The van der Waals surface area contributed by atoms with E-state index in [-0.39, 0.29) is 11.0 Å². The van der Waals surface area contributed by atoms with Gasteiger partial charge in [0.1, 0.15) is 28.6 Å². The standard InChI is InChI=1S/C19H17Cl2FN2O2S/c1-2-19(12-26-15-5-3-13(9-23)17(22)8-15)10-24(11-19)27(25)18-6-4-14(20)7-16(18)21/h3-8H,2,10-12H2,1H3. The summed E-state index contributed by atoms with van der Waals surface area (Å²) in [7, 11) is -1.37. The highest BCUT2D eigenvalue weighted by molar-refractivity contribution is 7.82. The average Bonchev–Trinajstić information content (AvgIpc) is 2.61. The molecule has 27 heavy (non-hydrogen) atoms. The van der Waals surface area contributed by atoms with Crippen LogP contribution in [0.25, 0.3) is 0 Å². The Labute approximate surface area is 170 Å². The summed E-state index contributed by atoms with van der Waals surface area (Å²) >= 11 is 12.0. The van der Waals surface area contributed by atoms with Gasteiger partial charge in [-0.1, -0.05) is 30.1 Å². The summed E-state index contributed by atoms with van der Waals surface area (Å²) in [6.07, 6.45) is 0.827. The number of benzene rings is 2. The van der Waals surface area contributed by atoms with Crippen molar-refractivity contribution in [3.63, 3.8) is 0 Å². The molecule has 0 aromatic heterocycles. The van der Waals surface area contributed by atoms with Crippen molar-refractivity contribution in [3.8, 4) is 11.8 Å². The predicted octanol–water partition coefficient (Wildman–Crippen LogP) is 4.82. The molecule has 0 spiro atoms. The molecule has 2 aromatic carbocycles. The minimum atomic E-state index is -1.37. The van der Waals surface area contributed by atoms with E-state index in [1.807, 2.05) is 11.2 Å². The van der Waals surface area contributed by atoms with Crippen LogP contribution in [0, 0.1) is 22.6 Å². The summed E-state index contributed by atoms with van der Waals surface area (Å²) in [5, 5.41) is 9.65. The van der Waals surface area contributed by atoms with E-state index in [2.05, 4.69) is 0 Å². The third-order valence-electron chi connectivity index (χ3n) is 4.70. The van der Waals surface area contributed by atoms with Crippen molar-refractivity contribution >= 4 is 34.2 Å². The molecule has 0 amide bonds. The van der Waals surface area contributed by atoms with Gasteiger partial charge in [0.05, 0.1) is 22.1 Å². The molecular weight excluding hydrogens is 410 g/mol. The molecule has 3 rings (SSSR count). The Morgan fingerprint density at radius 3 is 2.63 bits per heavy atom. The average molecular weight is 427 g/mol. The summed E-state index contributed by atoms with van der Waals surface area (Å²) in [4.78, 5) is 0.529. The molecule has 1 saturated heterocycles. The maximum Gasteiger partial charge on any atom is 0.144 e. The van der Waals surface area contributed by atoms with E-state index >= 15 is 0 Å². The van der Waals surface area contributed by atoms with Crippen LogP contribution in [0.15, 0.2) is 41.3 Å². The first-order chi connectivity index (χ1) is 12.9. The number of hydrogen-bond acceptors (Lipinski definition) is 3. The third kappa shape index (κ3) is 4.27. The first-order valence-corrected chi connectivity index (χ1v) is 10.2. The van der Waals surface area contributed by atoms with E-state index in [9.17, 15) is 8.60 Å². The lowest BCUT2D eigenvalue weighted by atomic mass is 9.80. The van der Waals surface area contributed by atoms with Crippen LogP contribution in [0.5, 0.6) is 5.75 Å². The molecular formula is C19H17Cl2FN2O2S. The zero-order valence-corrected chi connectivity index (χ0v) is 16.9. The Balaban J connectivity index is 1.63. The van der Waals surface area contributed by atoms with Crippen LogP contribution in [0.3, 0.4) is 0 Å². The van der Waals surface area contributed by atoms with E-state index in [1.165, 1.54) is 12.1 Å². The minimum absolute atomic E-state index is 0.0161. The smallest absolute Gasteiger partial charge is 0.144 e. The molecule has 1 unspecified atom stereocenters. The highest BCUT2D eigenvalue weighted by Gasteiger charge is 2.45. The predicted molar refractivity (Wildman–Crippen MR) is 104 cm³/mol. The van der Waals surface area contributed by atoms with Crippen LogP contribution in [0.2, 0.25) is 10.0 Å². The third-order valence-corrected chi connectivity index (χ3v) is 6.82. The summed E-state index contributed by atoms with van der Waals surface area (Å²) in [5.74, 6) is -0.228. The second kappa shape index (κ2) is 8.15. The normalized spacial score (nSPS) is 17.0. The van der Waals surface area contributed by atoms with Crippen molar-refractivity contribution in [2.75, 3.05) is 19.7 Å². The topological polar surface area (TPSA) is 53.3 Å². The Bertz CT molecular complexity index is 926. The fraction of sp³-hybridized carbons (Fsp3) is 0.316. The fourth-order valence-electron chi connectivity index (χ4n) is 2.90. The van der Waals surface area contributed by atoms with Gasteiger partial charge in [0, 0.05) is 29.6 Å². The van der Waals surface area contributed by atoms with Gasteiger partial charge < -0.3 is 4.74 Å². The highest BCUT2D eigenvalue weighted by Crippen LogP contribution is 2.38. The lowest BCUT2D eigenvalue weighted by Gasteiger charge is -2.48. The number of nitriles is 1. The highest BCUT2D eigenvalue weighted by atomic mass is 35.5. The second-order valence-corrected chi connectivity index (χ2v) is 8.82. The van der Waals surface area contributed by atoms with Crippen LogP contribution in [-0.4, -0.2) is 28.2 Å². The Hall–Kier alpha value is -1.65. The molecule has 4 nitrogen and oxygen atoms in total. The van der Waals surface area contributed by atoms with Crippen LogP contribution < -0.4 is 4.74 Å². The van der Waals surface area contributed by atoms with Crippen LogP contribution in [-0.2, 0) is 11.0 Å². The molecule has 1 heterocycles. The molecule has 0 aliphatic carbocycles. The second-order valence-electron chi connectivity index (χ2n) is 6.52. The van der Waals surface area contributed by atoms with Gasteiger partial charge in [-0.05, 0) is 36.8 Å². The molecule has 0 bridgehead atoms. The minimum Gasteiger partial charge on any atom is -0.493 e. The Morgan fingerprint density at radius 2 is 2.04 bits per heavy atom. The van der Waals surface area contributed by atoms with Crippen LogP contribution in [0.1, 0.15) is 18.9 Å². The zero-order valence-electron chi connectivity index (χ0n) is 14.5. The van der Waals surface area contributed by atoms with Gasteiger partial charge in [0.2, 0.25) is 0 Å². The van der Waals surface area contributed by atoms with Crippen molar-refractivity contribution in [2.24, 2.45) is 5.41 Å².